The van der Waals surface area contributed by atoms with Gasteiger partial charge in [0.25, 0.3) is 5.91 Å². The first-order valence-corrected chi connectivity index (χ1v) is 7.91. The van der Waals surface area contributed by atoms with Crippen LogP contribution in [0.3, 0.4) is 0 Å². The van der Waals surface area contributed by atoms with Crippen molar-refractivity contribution in [3.8, 4) is 11.5 Å². The molecule has 120 valence electrons. The fourth-order valence-electron chi connectivity index (χ4n) is 1.96. The molecule has 1 saturated heterocycles. The van der Waals surface area contributed by atoms with E-state index in [1.807, 2.05) is 0 Å². The van der Waals surface area contributed by atoms with Gasteiger partial charge in [-0.3, -0.25) is 14.5 Å². The second-order valence-electron chi connectivity index (χ2n) is 4.58. The summed E-state index contributed by atoms with van der Waals surface area (Å²) in [5, 5.41) is 0. The molecule has 1 amide bonds. The summed E-state index contributed by atoms with van der Waals surface area (Å²) in [5.74, 6) is 0.134. The zero-order valence-corrected chi connectivity index (χ0v) is 14.3. The van der Waals surface area contributed by atoms with Crippen molar-refractivity contribution in [3.63, 3.8) is 0 Å². The van der Waals surface area contributed by atoms with E-state index in [0.29, 0.717) is 32.8 Å². The molecule has 1 aliphatic rings. The first-order chi connectivity index (χ1) is 11.0. The summed E-state index contributed by atoms with van der Waals surface area (Å²) in [7, 11) is 1.49. The molecule has 7 heteroatoms. The molecule has 0 bridgehead atoms. The minimum absolute atomic E-state index is 0.162. The first-order valence-electron chi connectivity index (χ1n) is 6.69. The molecule has 0 aliphatic carbocycles. The highest BCUT2D eigenvalue weighted by Gasteiger charge is 2.30. The summed E-state index contributed by atoms with van der Waals surface area (Å²) in [4.78, 5) is 25.4. The van der Waals surface area contributed by atoms with Crippen LogP contribution in [0.1, 0.15) is 12.5 Å². The second-order valence-corrected chi connectivity index (χ2v) is 6.26. The van der Waals surface area contributed by atoms with Gasteiger partial charge in [-0.1, -0.05) is 36.1 Å². The van der Waals surface area contributed by atoms with Gasteiger partial charge < -0.3 is 9.47 Å². The van der Waals surface area contributed by atoms with Crippen molar-refractivity contribution in [1.29, 1.82) is 0 Å². The fraction of sp³-hybridized carbons (Fsp3) is 0.188. The molecule has 1 aliphatic heterocycles. The standard InChI is InChI=1S/C16H15NO4S2/c1-4-7-17-15(19)14(23-16(17)22)9-11-5-6-12(20-3)13(8-11)21-10(2)18/h4-6,8-9H,1,7H2,2-3H3/b14-9+. The molecule has 5 nitrogen and oxygen atoms in total. The highest BCUT2D eigenvalue weighted by atomic mass is 32.2. The molecule has 0 N–H and O–H groups in total. The Morgan fingerprint density at radius 3 is 2.78 bits per heavy atom. The molecule has 0 aromatic heterocycles. The Morgan fingerprint density at radius 1 is 1.43 bits per heavy atom. The van der Waals surface area contributed by atoms with Gasteiger partial charge >= 0.3 is 5.97 Å². The highest BCUT2D eigenvalue weighted by molar-refractivity contribution is 8.26. The summed E-state index contributed by atoms with van der Waals surface area (Å²) in [5.41, 5.74) is 0.709. The Kier molecular flexibility index (Phi) is 5.57. The van der Waals surface area contributed by atoms with Gasteiger partial charge in [-0.25, -0.2) is 0 Å². The van der Waals surface area contributed by atoms with Crippen molar-refractivity contribution in [3.05, 3.63) is 41.3 Å². The maximum absolute atomic E-state index is 12.3. The molecule has 0 unspecified atom stereocenters. The lowest BCUT2D eigenvalue weighted by molar-refractivity contribution is -0.132. The zero-order chi connectivity index (χ0) is 17.0. The molecule has 0 spiro atoms. The molecule has 2 rings (SSSR count). The van der Waals surface area contributed by atoms with Crippen LogP contribution in [0.2, 0.25) is 0 Å². The third-order valence-electron chi connectivity index (χ3n) is 2.92. The number of amides is 1. The Morgan fingerprint density at radius 2 is 2.17 bits per heavy atom. The molecular weight excluding hydrogens is 334 g/mol. The fourth-order valence-corrected chi connectivity index (χ4v) is 3.23. The smallest absolute Gasteiger partial charge is 0.308 e. The lowest BCUT2D eigenvalue weighted by Crippen LogP contribution is -2.27. The van der Waals surface area contributed by atoms with Crippen LogP contribution in [0.15, 0.2) is 35.8 Å². The highest BCUT2D eigenvalue weighted by Crippen LogP contribution is 2.34. The van der Waals surface area contributed by atoms with E-state index in [-0.39, 0.29) is 5.91 Å². The van der Waals surface area contributed by atoms with Crippen LogP contribution < -0.4 is 9.47 Å². The molecule has 1 fully saturated rings. The average Bonchev–Trinajstić information content (AvgIpc) is 2.75. The molecule has 1 aromatic rings. The molecule has 23 heavy (non-hydrogen) atoms. The Labute approximate surface area is 143 Å². The normalized spacial score (nSPS) is 15.9. The maximum atomic E-state index is 12.3. The number of thioether (sulfide) groups is 1. The van der Waals surface area contributed by atoms with Crippen molar-refractivity contribution in [1.82, 2.24) is 4.90 Å². The van der Waals surface area contributed by atoms with Gasteiger partial charge in [-0.2, -0.15) is 0 Å². The van der Waals surface area contributed by atoms with E-state index in [9.17, 15) is 9.59 Å². The van der Waals surface area contributed by atoms with Crippen molar-refractivity contribution < 1.29 is 19.1 Å². The third kappa shape index (κ3) is 4.00. The topological polar surface area (TPSA) is 55.8 Å². The molecule has 0 radical (unpaired) electrons. The first kappa shape index (κ1) is 17.2. The Hall–Kier alpha value is -2.12. The van der Waals surface area contributed by atoms with Gasteiger partial charge in [0.05, 0.1) is 12.0 Å². The number of hydrogen-bond donors (Lipinski definition) is 0. The van der Waals surface area contributed by atoms with Crippen LogP contribution in [0.4, 0.5) is 0 Å². The molecule has 1 heterocycles. The molecule has 0 atom stereocenters. The molecule has 0 saturated carbocycles. The van der Waals surface area contributed by atoms with Gasteiger partial charge in [-0.05, 0) is 23.8 Å². The number of methoxy groups -OCH3 is 1. The van der Waals surface area contributed by atoms with E-state index in [1.165, 1.54) is 30.7 Å². The Balaban J connectivity index is 2.32. The van der Waals surface area contributed by atoms with Crippen molar-refractivity contribution in [2.45, 2.75) is 6.92 Å². The van der Waals surface area contributed by atoms with Crippen LogP contribution in [0.5, 0.6) is 11.5 Å². The summed E-state index contributed by atoms with van der Waals surface area (Å²) >= 11 is 6.42. The number of nitrogens with zero attached hydrogens (tertiary/aromatic N) is 1. The van der Waals surface area contributed by atoms with Crippen LogP contribution in [-0.2, 0) is 9.59 Å². The van der Waals surface area contributed by atoms with E-state index < -0.39 is 5.97 Å². The van der Waals surface area contributed by atoms with Crippen molar-refractivity contribution in [2.75, 3.05) is 13.7 Å². The van der Waals surface area contributed by atoms with E-state index in [4.69, 9.17) is 21.7 Å². The van der Waals surface area contributed by atoms with Gasteiger partial charge in [0.1, 0.15) is 4.32 Å². The predicted molar refractivity (Wildman–Crippen MR) is 94.4 cm³/mol. The molecule has 1 aromatic carbocycles. The predicted octanol–water partition coefficient (Wildman–Crippen LogP) is 3.01. The summed E-state index contributed by atoms with van der Waals surface area (Å²) in [6.45, 7) is 5.31. The van der Waals surface area contributed by atoms with E-state index >= 15 is 0 Å². The van der Waals surface area contributed by atoms with Gasteiger partial charge in [-0.15, -0.1) is 6.58 Å². The van der Waals surface area contributed by atoms with Crippen molar-refractivity contribution in [2.24, 2.45) is 0 Å². The van der Waals surface area contributed by atoms with E-state index in [2.05, 4.69) is 6.58 Å². The summed E-state index contributed by atoms with van der Waals surface area (Å²) in [6.07, 6.45) is 3.33. The number of carbonyl (C=O) groups excluding carboxylic acids is 2. The number of rotatable bonds is 5. The average molecular weight is 349 g/mol. The van der Waals surface area contributed by atoms with Crippen LogP contribution >= 0.6 is 24.0 Å². The minimum Gasteiger partial charge on any atom is -0.493 e. The van der Waals surface area contributed by atoms with Crippen molar-refractivity contribution >= 4 is 46.3 Å². The number of benzene rings is 1. The third-order valence-corrected chi connectivity index (χ3v) is 4.30. The number of carbonyl (C=O) groups is 2. The number of hydrogen-bond acceptors (Lipinski definition) is 6. The van der Waals surface area contributed by atoms with Gasteiger partial charge in [0, 0.05) is 13.5 Å². The van der Waals surface area contributed by atoms with E-state index in [1.54, 1.807) is 30.4 Å². The number of thiocarbonyl (C=S) groups is 1. The number of ether oxygens (including phenoxy) is 2. The SMILES string of the molecule is C=CCN1C(=O)/C(=C\c2ccc(OC)c(OC(C)=O)c2)SC1=S. The van der Waals surface area contributed by atoms with Crippen LogP contribution in [0.25, 0.3) is 6.08 Å². The van der Waals surface area contributed by atoms with Crippen LogP contribution in [-0.4, -0.2) is 34.8 Å². The van der Waals surface area contributed by atoms with Gasteiger partial charge in [0.15, 0.2) is 11.5 Å². The lowest BCUT2D eigenvalue weighted by Gasteiger charge is -2.10. The monoisotopic (exact) mass is 349 g/mol. The Bertz CT molecular complexity index is 712. The summed E-state index contributed by atoms with van der Waals surface area (Å²) in [6, 6.07) is 5.08. The zero-order valence-electron chi connectivity index (χ0n) is 12.7. The molecular formula is C16H15NO4S2. The summed E-state index contributed by atoms with van der Waals surface area (Å²) < 4.78 is 10.8. The number of esters is 1. The largest absolute Gasteiger partial charge is 0.493 e. The maximum Gasteiger partial charge on any atom is 0.308 e. The second kappa shape index (κ2) is 7.43. The minimum atomic E-state index is -0.447. The van der Waals surface area contributed by atoms with E-state index in [0.717, 1.165) is 0 Å². The quantitative estimate of drug-likeness (QED) is 0.268. The lowest BCUT2D eigenvalue weighted by atomic mass is 10.2. The van der Waals surface area contributed by atoms with Gasteiger partial charge in [0.2, 0.25) is 0 Å². The van der Waals surface area contributed by atoms with Crippen LogP contribution in [0, 0.1) is 0 Å².